The minimum Gasteiger partial charge on any atom is -0.316 e. The fourth-order valence-electron chi connectivity index (χ4n) is 0.264. The molecule has 0 aliphatic rings. The SMILES string of the molecule is CCC(ON=O)ON=O. The normalized spacial score (nSPS) is 8.67. The predicted octanol–water partition coefficient (Wildman–Crippen LogP) is 1.12. The van der Waals surface area contributed by atoms with Gasteiger partial charge in [-0.15, -0.1) is 9.81 Å². The van der Waals surface area contributed by atoms with E-state index in [0.29, 0.717) is 6.42 Å². The molecule has 0 aromatic carbocycles. The zero-order chi connectivity index (χ0) is 7.11. The van der Waals surface area contributed by atoms with Crippen LogP contribution in [-0.4, -0.2) is 6.29 Å². The largest absolute Gasteiger partial charge is 0.316 e. The Balaban J connectivity index is 3.39. The molecule has 0 spiro atoms. The molecule has 0 fully saturated rings. The number of rotatable bonds is 5. The van der Waals surface area contributed by atoms with Gasteiger partial charge in [-0.05, 0) is 0 Å². The molecule has 6 nitrogen and oxygen atoms in total. The van der Waals surface area contributed by atoms with Crippen LogP contribution in [0.1, 0.15) is 13.3 Å². The molecule has 0 radical (unpaired) electrons. The Hall–Kier alpha value is -1.20. The summed E-state index contributed by atoms with van der Waals surface area (Å²) >= 11 is 0. The van der Waals surface area contributed by atoms with Gasteiger partial charge in [-0.2, -0.15) is 0 Å². The zero-order valence-corrected chi connectivity index (χ0v) is 4.81. The van der Waals surface area contributed by atoms with Gasteiger partial charge in [-0.25, -0.2) is 0 Å². The standard InChI is InChI=1S/C3H6N2O4/c1-2-3(8-4-6)9-5-7/h3H,2H2,1H3. The molecule has 0 aliphatic carbocycles. The Kier molecular flexibility index (Phi) is 4.29. The maximum Gasteiger partial charge on any atom is 0.296 e. The smallest absolute Gasteiger partial charge is 0.296 e. The van der Waals surface area contributed by atoms with Crippen molar-refractivity contribution in [2.75, 3.05) is 0 Å². The molecule has 9 heavy (non-hydrogen) atoms. The van der Waals surface area contributed by atoms with Crippen LogP contribution in [0.5, 0.6) is 0 Å². The van der Waals surface area contributed by atoms with E-state index in [4.69, 9.17) is 0 Å². The third-order valence-electron chi connectivity index (χ3n) is 0.655. The van der Waals surface area contributed by atoms with Gasteiger partial charge in [0.2, 0.25) is 0 Å². The Morgan fingerprint density at radius 3 is 2.00 bits per heavy atom. The van der Waals surface area contributed by atoms with Gasteiger partial charge in [0.25, 0.3) is 6.29 Å². The molecule has 0 aromatic rings. The first-order valence-electron chi connectivity index (χ1n) is 2.32. The van der Waals surface area contributed by atoms with Gasteiger partial charge >= 0.3 is 0 Å². The van der Waals surface area contributed by atoms with E-state index in [9.17, 15) is 9.81 Å². The summed E-state index contributed by atoms with van der Waals surface area (Å²) in [6, 6.07) is 0. The number of nitrogens with zero attached hydrogens (tertiary/aromatic N) is 2. The second-order valence-corrected chi connectivity index (χ2v) is 1.20. The lowest BCUT2D eigenvalue weighted by Gasteiger charge is -2.03. The summed E-state index contributed by atoms with van der Waals surface area (Å²) in [6.07, 6.45) is -0.600. The van der Waals surface area contributed by atoms with Crippen molar-refractivity contribution in [1.29, 1.82) is 0 Å². The minimum atomic E-state index is -0.944. The quantitative estimate of drug-likeness (QED) is 0.320. The lowest BCUT2D eigenvalue weighted by molar-refractivity contribution is -0.146. The second-order valence-electron chi connectivity index (χ2n) is 1.20. The van der Waals surface area contributed by atoms with Crippen LogP contribution in [0.3, 0.4) is 0 Å². The molecular weight excluding hydrogens is 128 g/mol. The van der Waals surface area contributed by atoms with Crippen LogP contribution in [-0.2, 0) is 9.68 Å². The monoisotopic (exact) mass is 134 g/mol. The summed E-state index contributed by atoms with van der Waals surface area (Å²) in [5.41, 5.74) is 0. The van der Waals surface area contributed by atoms with Crippen LogP contribution in [0.25, 0.3) is 0 Å². The van der Waals surface area contributed by atoms with Gasteiger partial charge in [-0.3, -0.25) is 0 Å². The third-order valence-corrected chi connectivity index (χ3v) is 0.655. The lowest BCUT2D eigenvalue weighted by Crippen LogP contribution is -2.08. The van der Waals surface area contributed by atoms with Crippen LogP contribution >= 0.6 is 0 Å². The molecule has 0 aliphatic heterocycles. The van der Waals surface area contributed by atoms with E-state index in [0.717, 1.165) is 0 Å². The Bertz CT molecular complexity index is 85.8. The van der Waals surface area contributed by atoms with Crippen molar-refractivity contribution in [3.63, 3.8) is 0 Å². The van der Waals surface area contributed by atoms with E-state index < -0.39 is 6.29 Å². The van der Waals surface area contributed by atoms with Gasteiger partial charge in [0.05, 0.1) is 0 Å². The first-order chi connectivity index (χ1) is 4.35. The van der Waals surface area contributed by atoms with E-state index in [2.05, 4.69) is 20.4 Å². The Morgan fingerprint density at radius 1 is 1.33 bits per heavy atom. The maximum absolute atomic E-state index is 9.35. The molecule has 6 heteroatoms. The molecule has 0 unspecified atom stereocenters. The van der Waals surface area contributed by atoms with E-state index in [1.165, 1.54) is 0 Å². The highest BCUT2D eigenvalue weighted by atomic mass is 16.9. The van der Waals surface area contributed by atoms with Crippen molar-refractivity contribution in [1.82, 2.24) is 0 Å². The van der Waals surface area contributed by atoms with Crippen molar-refractivity contribution in [3.8, 4) is 0 Å². The van der Waals surface area contributed by atoms with E-state index in [-0.39, 0.29) is 0 Å². The molecule has 0 heterocycles. The molecule has 0 saturated carbocycles. The van der Waals surface area contributed by atoms with E-state index in [1.54, 1.807) is 6.92 Å². The topological polar surface area (TPSA) is 77.3 Å². The number of hydrogen-bond acceptors (Lipinski definition) is 6. The van der Waals surface area contributed by atoms with Crippen molar-refractivity contribution in [2.45, 2.75) is 19.6 Å². The zero-order valence-electron chi connectivity index (χ0n) is 4.81. The fraction of sp³-hybridized carbons (Fsp3) is 1.00. The molecule has 0 bridgehead atoms. The maximum atomic E-state index is 9.35. The fourth-order valence-corrected chi connectivity index (χ4v) is 0.264. The molecule has 0 rings (SSSR count). The van der Waals surface area contributed by atoms with Crippen molar-refractivity contribution >= 4 is 0 Å². The van der Waals surface area contributed by atoms with Crippen LogP contribution in [0.4, 0.5) is 0 Å². The first-order valence-corrected chi connectivity index (χ1v) is 2.32. The summed E-state index contributed by atoms with van der Waals surface area (Å²) in [4.78, 5) is 26.7. The Labute approximate surface area is 51.0 Å². The predicted molar refractivity (Wildman–Crippen MR) is 27.8 cm³/mol. The van der Waals surface area contributed by atoms with Gasteiger partial charge in [-0.1, -0.05) is 6.92 Å². The average Bonchev–Trinajstić information content (AvgIpc) is 1.88. The highest BCUT2D eigenvalue weighted by molar-refractivity contribution is 4.32. The first kappa shape index (κ1) is 7.80. The van der Waals surface area contributed by atoms with Crippen LogP contribution < -0.4 is 0 Å². The van der Waals surface area contributed by atoms with Crippen LogP contribution in [0.2, 0.25) is 0 Å². The minimum absolute atomic E-state index is 0.345. The van der Waals surface area contributed by atoms with Crippen LogP contribution in [0.15, 0.2) is 10.7 Å². The summed E-state index contributed by atoms with van der Waals surface area (Å²) in [5, 5.41) is 4.10. The summed E-state index contributed by atoms with van der Waals surface area (Å²) < 4.78 is 0. The molecule has 0 saturated heterocycles. The Morgan fingerprint density at radius 2 is 1.78 bits per heavy atom. The molecule has 52 valence electrons. The van der Waals surface area contributed by atoms with Gasteiger partial charge in [0, 0.05) is 6.42 Å². The summed E-state index contributed by atoms with van der Waals surface area (Å²) in [7, 11) is 0. The third kappa shape index (κ3) is 3.39. The second kappa shape index (κ2) is 4.95. The molecular formula is C3H6N2O4. The average molecular weight is 134 g/mol. The van der Waals surface area contributed by atoms with E-state index in [1.807, 2.05) is 0 Å². The highest BCUT2D eigenvalue weighted by Gasteiger charge is 2.06. The molecule has 0 amide bonds. The van der Waals surface area contributed by atoms with Gasteiger partial charge < -0.3 is 9.68 Å². The number of hydrogen-bond donors (Lipinski definition) is 0. The van der Waals surface area contributed by atoms with Crippen molar-refractivity contribution in [2.24, 2.45) is 10.7 Å². The lowest BCUT2D eigenvalue weighted by atomic mass is 10.5. The van der Waals surface area contributed by atoms with Gasteiger partial charge in [0.15, 0.2) is 10.7 Å². The molecule has 0 N–H and O–H groups in total. The molecule has 0 atom stereocenters. The summed E-state index contributed by atoms with van der Waals surface area (Å²) in [6.45, 7) is 1.65. The van der Waals surface area contributed by atoms with Gasteiger partial charge in [0.1, 0.15) is 0 Å². The highest BCUT2D eigenvalue weighted by Crippen LogP contribution is 1.99. The van der Waals surface area contributed by atoms with Crippen molar-refractivity contribution < 1.29 is 9.68 Å². The van der Waals surface area contributed by atoms with E-state index >= 15 is 0 Å². The van der Waals surface area contributed by atoms with Crippen molar-refractivity contribution in [3.05, 3.63) is 9.81 Å². The van der Waals surface area contributed by atoms with Crippen LogP contribution in [0, 0.1) is 9.81 Å². The summed E-state index contributed by atoms with van der Waals surface area (Å²) in [5.74, 6) is 0. The molecule has 0 aromatic heterocycles.